The van der Waals surface area contributed by atoms with Crippen molar-refractivity contribution >= 4 is 17.2 Å². The molecule has 1 aromatic heterocycles. The van der Waals surface area contributed by atoms with Crippen LogP contribution in [0.5, 0.6) is 0 Å². The minimum atomic E-state index is -0.913. The molecule has 1 atom stereocenters. The van der Waals surface area contributed by atoms with Gasteiger partial charge in [0, 0.05) is 29.9 Å². The van der Waals surface area contributed by atoms with Crippen molar-refractivity contribution in [3.8, 4) is 21.0 Å². The van der Waals surface area contributed by atoms with Gasteiger partial charge in [0.25, 0.3) is 5.91 Å². The second-order valence-corrected chi connectivity index (χ2v) is 8.33. The van der Waals surface area contributed by atoms with E-state index in [1.54, 1.807) is 18.3 Å². The van der Waals surface area contributed by atoms with E-state index in [0.29, 0.717) is 39.5 Å². The predicted octanol–water partition coefficient (Wildman–Crippen LogP) is 5.06. The molecule has 0 bridgehead atoms. The Balaban J connectivity index is 1.57. The van der Waals surface area contributed by atoms with Crippen molar-refractivity contribution in [1.82, 2.24) is 10.3 Å². The summed E-state index contributed by atoms with van der Waals surface area (Å²) in [6.45, 7) is 0.306. The fraction of sp³-hybridized carbons (Fsp3) is 0.120. The second kappa shape index (κ2) is 9.80. The number of carbonyl (C=O) groups is 1. The average Bonchev–Trinajstić information content (AvgIpc) is 3.31. The quantitative estimate of drug-likeness (QED) is 0.415. The van der Waals surface area contributed by atoms with Gasteiger partial charge in [0.2, 0.25) is 0 Å². The maximum atomic E-state index is 13.6. The van der Waals surface area contributed by atoms with Crippen molar-refractivity contribution in [2.75, 3.05) is 6.54 Å². The number of benzene rings is 3. The van der Waals surface area contributed by atoms with Crippen LogP contribution in [0.3, 0.4) is 0 Å². The Hall–Kier alpha value is -3.42. The summed E-state index contributed by atoms with van der Waals surface area (Å²) < 4.78 is 26.9. The number of halogens is 2. The molecule has 4 rings (SSSR count). The first kappa shape index (κ1) is 21.8. The molecule has 0 aliphatic carbocycles. The number of aromatic nitrogens is 1. The van der Waals surface area contributed by atoms with Crippen LogP contribution in [0.25, 0.3) is 21.0 Å². The Bertz CT molecular complexity index is 1230. The third-order valence-electron chi connectivity index (χ3n) is 5.06. The molecular formula is C25H21F2N3OS. The van der Waals surface area contributed by atoms with Crippen molar-refractivity contribution in [3.63, 3.8) is 0 Å². The zero-order chi connectivity index (χ0) is 22.5. The van der Waals surface area contributed by atoms with E-state index >= 15 is 0 Å². The van der Waals surface area contributed by atoms with Crippen LogP contribution in [-0.4, -0.2) is 23.5 Å². The third kappa shape index (κ3) is 4.90. The molecule has 0 aliphatic heterocycles. The van der Waals surface area contributed by atoms with Crippen molar-refractivity contribution < 1.29 is 13.6 Å². The fourth-order valence-electron chi connectivity index (χ4n) is 3.40. The lowest BCUT2D eigenvalue weighted by Gasteiger charge is -2.18. The van der Waals surface area contributed by atoms with Gasteiger partial charge in [-0.15, -0.1) is 11.3 Å². The number of nitrogens with zero attached hydrogens (tertiary/aromatic N) is 1. The van der Waals surface area contributed by atoms with E-state index in [2.05, 4.69) is 10.3 Å². The molecule has 7 heteroatoms. The van der Waals surface area contributed by atoms with Crippen LogP contribution in [0.2, 0.25) is 0 Å². The van der Waals surface area contributed by atoms with Crippen LogP contribution < -0.4 is 11.1 Å². The van der Waals surface area contributed by atoms with E-state index in [4.69, 9.17) is 5.73 Å². The van der Waals surface area contributed by atoms with Gasteiger partial charge in [-0.3, -0.25) is 4.79 Å². The standard InChI is InChI=1S/C25H21F2N3OS/c26-21-11-10-17(13-22(21)27)23-15-29-25(32-23)20-9-5-4-8-19(20)24(31)30-18(14-28)12-16-6-2-1-3-7-16/h1-11,13,15,18H,12,14,28H2,(H,30,31)/t18-/m1/s1. The molecule has 4 aromatic rings. The summed E-state index contributed by atoms with van der Waals surface area (Å²) in [4.78, 5) is 18.2. The first-order valence-electron chi connectivity index (χ1n) is 10.1. The molecular weight excluding hydrogens is 428 g/mol. The molecule has 1 amide bonds. The molecule has 3 N–H and O–H groups in total. The number of hydrogen-bond donors (Lipinski definition) is 2. The van der Waals surface area contributed by atoms with Crippen LogP contribution in [0.4, 0.5) is 8.78 Å². The average molecular weight is 450 g/mol. The molecule has 0 unspecified atom stereocenters. The van der Waals surface area contributed by atoms with Gasteiger partial charge in [0.05, 0.1) is 4.88 Å². The maximum Gasteiger partial charge on any atom is 0.252 e. The summed E-state index contributed by atoms with van der Waals surface area (Å²) >= 11 is 1.31. The summed E-state index contributed by atoms with van der Waals surface area (Å²) in [7, 11) is 0. The Morgan fingerprint density at radius 1 is 1.00 bits per heavy atom. The molecule has 0 aliphatic rings. The zero-order valence-electron chi connectivity index (χ0n) is 17.1. The van der Waals surface area contributed by atoms with E-state index in [-0.39, 0.29) is 11.9 Å². The summed E-state index contributed by atoms with van der Waals surface area (Å²) in [5.41, 5.74) is 8.67. The summed E-state index contributed by atoms with van der Waals surface area (Å²) in [5.74, 6) is -2.05. The van der Waals surface area contributed by atoms with Crippen LogP contribution >= 0.6 is 11.3 Å². The molecule has 32 heavy (non-hydrogen) atoms. The highest BCUT2D eigenvalue weighted by Gasteiger charge is 2.19. The molecule has 0 spiro atoms. The smallest absolute Gasteiger partial charge is 0.252 e. The van der Waals surface area contributed by atoms with Gasteiger partial charge in [-0.2, -0.15) is 0 Å². The molecule has 0 saturated heterocycles. The largest absolute Gasteiger partial charge is 0.348 e. The van der Waals surface area contributed by atoms with Crippen molar-refractivity contribution in [3.05, 3.63) is 102 Å². The number of amides is 1. The highest BCUT2D eigenvalue weighted by Crippen LogP contribution is 2.34. The van der Waals surface area contributed by atoms with Gasteiger partial charge >= 0.3 is 0 Å². The van der Waals surface area contributed by atoms with Crippen molar-refractivity contribution in [2.45, 2.75) is 12.5 Å². The maximum absolute atomic E-state index is 13.6. The first-order chi connectivity index (χ1) is 15.5. The Kier molecular flexibility index (Phi) is 6.68. The normalized spacial score (nSPS) is 11.8. The Morgan fingerprint density at radius 2 is 1.75 bits per heavy atom. The summed E-state index contributed by atoms with van der Waals surface area (Å²) in [6.07, 6.45) is 2.22. The predicted molar refractivity (Wildman–Crippen MR) is 123 cm³/mol. The van der Waals surface area contributed by atoms with E-state index < -0.39 is 11.6 Å². The third-order valence-corrected chi connectivity index (χ3v) is 6.14. The van der Waals surface area contributed by atoms with E-state index in [1.165, 1.54) is 17.4 Å². The highest BCUT2D eigenvalue weighted by molar-refractivity contribution is 7.18. The number of carbonyl (C=O) groups excluding carboxylic acids is 1. The lowest BCUT2D eigenvalue weighted by molar-refractivity contribution is 0.0938. The van der Waals surface area contributed by atoms with Crippen LogP contribution in [-0.2, 0) is 6.42 Å². The van der Waals surface area contributed by atoms with Gasteiger partial charge in [-0.1, -0.05) is 54.6 Å². The lowest BCUT2D eigenvalue weighted by Crippen LogP contribution is -2.41. The minimum absolute atomic E-state index is 0.216. The Labute approximate surface area is 188 Å². The van der Waals surface area contributed by atoms with E-state index in [9.17, 15) is 13.6 Å². The number of nitrogens with two attached hydrogens (primary N) is 1. The van der Waals surface area contributed by atoms with E-state index in [1.807, 2.05) is 42.5 Å². The summed E-state index contributed by atoms with van der Waals surface area (Å²) in [5, 5.41) is 3.63. The molecule has 162 valence electrons. The zero-order valence-corrected chi connectivity index (χ0v) is 17.9. The van der Waals surface area contributed by atoms with Crippen molar-refractivity contribution in [2.24, 2.45) is 5.73 Å². The molecule has 3 aromatic carbocycles. The van der Waals surface area contributed by atoms with Gasteiger partial charge in [-0.05, 0) is 35.7 Å². The molecule has 0 saturated carbocycles. The molecule has 1 heterocycles. The van der Waals surface area contributed by atoms with Crippen molar-refractivity contribution in [1.29, 1.82) is 0 Å². The monoisotopic (exact) mass is 449 g/mol. The Morgan fingerprint density at radius 3 is 2.50 bits per heavy atom. The second-order valence-electron chi connectivity index (χ2n) is 7.30. The number of rotatable bonds is 7. The minimum Gasteiger partial charge on any atom is -0.348 e. The SMILES string of the molecule is NC[C@@H](Cc1ccccc1)NC(=O)c1ccccc1-c1ncc(-c2ccc(F)c(F)c2)s1. The van der Waals surface area contributed by atoms with Crippen LogP contribution in [0.1, 0.15) is 15.9 Å². The van der Waals surface area contributed by atoms with Gasteiger partial charge < -0.3 is 11.1 Å². The highest BCUT2D eigenvalue weighted by atomic mass is 32.1. The van der Waals surface area contributed by atoms with Crippen LogP contribution in [0.15, 0.2) is 79.0 Å². The lowest BCUT2D eigenvalue weighted by atomic mass is 10.0. The van der Waals surface area contributed by atoms with Gasteiger partial charge in [0.15, 0.2) is 11.6 Å². The number of hydrogen-bond acceptors (Lipinski definition) is 4. The number of nitrogens with one attached hydrogen (secondary N) is 1. The topological polar surface area (TPSA) is 68.0 Å². The fourth-order valence-corrected chi connectivity index (χ4v) is 4.36. The number of thiazole rings is 1. The van der Waals surface area contributed by atoms with Crippen LogP contribution in [0, 0.1) is 11.6 Å². The molecule has 0 fully saturated rings. The first-order valence-corrected chi connectivity index (χ1v) is 10.9. The van der Waals surface area contributed by atoms with Gasteiger partial charge in [0.1, 0.15) is 5.01 Å². The van der Waals surface area contributed by atoms with Gasteiger partial charge in [-0.25, -0.2) is 13.8 Å². The van der Waals surface area contributed by atoms with E-state index in [0.717, 1.165) is 17.7 Å². The summed E-state index contributed by atoms with van der Waals surface area (Å²) in [6, 6.07) is 20.5. The molecule has 0 radical (unpaired) electrons. The molecule has 4 nitrogen and oxygen atoms in total.